The molecule has 2 aromatic carbocycles. The largest absolute Gasteiger partial charge is 0.376 e. The Bertz CT molecular complexity index is 1040. The van der Waals surface area contributed by atoms with Gasteiger partial charge in [0.1, 0.15) is 0 Å². The van der Waals surface area contributed by atoms with Crippen LogP contribution in [0.5, 0.6) is 0 Å². The van der Waals surface area contributed by atoms with Gasteiger partial charge in [0.05, 0.1) is 27.8 Å². The topological polar surface area (TPSA) is 85.6 Å². The molecule has 1 unspecified atom stereocenters. The molecule has 150 valence electrons. The molecule has 1 fully saturated rings. The lowest BCUT2D eigenvalue weighted by Gasteiger charge is -2.23. The van der Waals surface area contributed by atoms with Crippen LogP contribution in [0.4, 0.5) is 10.8 Å². The van der Waals surface area contributed by atoms with Crippen LogP contribution in [0.25, 0.3) is 10.2 Å². The van der Waals surface area contributed by atoms with E-state index >= 15 is 0 Å². The van der Waals surface area contributed by atoms with Crippen molar-refractivity contribution in [1.29, 1.82) is 0 Å². The molecule has 1 atom stereocenters. The van der Waals surface area contributed by atoms with Crippen LogP contribution >= 0.6 is 11.3 Å². The van der Waals surface area contributed by atoms with E-state index in [1.54, 1.807) is 4.90 Å². The Balaban J connectivity index is 1.68. The van der Waals surface area contributed by atoms with Crippen molar-refractivity contribution in [2.45, 2.75) is 32.3 Å². The number of hydrogen-bond acceptors (Lipinski definition) is 6. The third-order valence-corrected chi connectivity index (χ3v) is 6.10. The third kappa shape index (κ3) is 4.13. The zero-order valence-electron chi connectivity index (χ0n) is 16.0. The van der Waals surface area contributed by atoms with Gasteiger partial charge in [-0.25, -0.2) is 4.98 Å². The van der Waals surface area contributed by atoms with Gasteiger partial charge in [0.25, 0.3) is 11.6 Å². The number of ether oxygens (including phenoxy) is 1. The number of amides is 1. The number of hydrogen-bond donors (Lipinski definition) is 0. The lowest BCUT2D eigenvalue weighted by atomic mass is 10.1. The highest BCUT2D eigenvalue weighted by Crippen LogP contribution is 2.32. The standard InChI is InChI=1S/C21H21N3O4S/c1-2-14-5-10-18-19(12-14)29-21(22-18)23(13-17-4-3-11-28-17)20(25)15-6-8-16(9-7-15)24(26)27/h5-10,12,17H,2-4,11,13H2,1H3. The molecule has 0 N–H and O–H groups in total. The first-order valence-electron chi connectivity index (χ1n) is 9.62. The quantitative estimate of drug-likeness (QED) is 0.437. The summed E-state index contributed by atoms with van der Waals surface area (Å²) in [6.45, 7) is 3.21. The van der Waals surface area contributed by atoms with Crippen molar-refractivity contribution in [3.05, 3.63) is 63.7 Å². The molecule has 8 heteroatoms. The Hall–Kier alpha value is -2.84. The number of anilines is 1. The number of carbonyl (C=O) groups is 1. The van der Waals surface area contributed by atoms with Crippen LogP contribution in [0.1, 0.15) is 35.7 Å². The van der Waals surface area contributed by atoms with Gasteiger partial charge in [-0.05, 0) is 49.1 Å². The SMILES string of the molecule is CCc1ccc2nc(N(CC3CCCO3)C(=O)c3ccc([N+](=O)[O-])cc3)sc2c1. The number of thiazole rings is 1. The number of aryl methyl sites for hydroxylation is 1. The summed E-state index contributed by atoms with van der Waals surface area (Å²) in [5.74, 6) is -0.231. The molecule has 3 aromatic rings. The molecule has 0 aliphatic carbocycles. The number of nitro groups is 1. The van der Waals surface area contributed by atoms with Crippen molar-refractivity contribution in [3.63, 3.8) is 0 Å². The van der Waals surface area contributed by atoms with Gasteiger partial charge in [0, 0.05) is 24.3 Å². The first-order chi connectivity index (χ1) is 14.0. The molecule has 7 nitrogen and oxygen atoms in total. The lowest BCUT2D eigenvalue weighted by molar-refractivity contribution is -0.384. The van der Waals surface area contributed by atoms with Gasteiger partial charge in [0.15, 0.2) is 5.13 Å². The maximum atomic E-state index is 13.3. The predicted octanol–water partition coefficient (Wildman–Crippen LogP) is 4.59. The molecule has 1 aromatic heterocycles. The number of non-ortho nitro benzene ring substituents is 1. The fraction of sp³-hybridized carbons (Fsp3) is 0.333. The number of benzene rings is 2. The summed E-state index contributed by atoms with van der Waals surface area (Å²) in [6, 6.07) is 11.8. The average Bonchev–Trinajstić information content (AvgIpc) is 3.40. The highest BCUT2D eigenvalue weighted by atomic mass is 32.1. The third-order valence-electron chi connectivity index (χ3n) is 5.06. The zero-order chi connectivity index (χ0) is 20.4. The molecule has 1 aliphatic rings. The van der Waals surface area contributed by atoms with E-state index < -0.39 is 4.92 Å². The smallest absolute Gasteiger partial charge is 0.269 e. The van der Waals surface area contributed by atoms with E-state index in [4.69, 9.17) is 4.74 Å². The first kappa shape index (κ1) is 19.5. The maximum Gasteiger partial charge on any atom is 0.269 e. The Labute approximate surface area is 172 Å². The minimum atomic E-state index is -0.475. The molecule has 0 radical (unpaired) electrons. The second kappa shape index (κ2) is 8.26. The Morgan fingerprint density at radius 3 is 2.76 bits per heavy atom. The van der Waals surface area contributed by atoms with Crippen LogP contribution in [0.2, 0.25) is 0 Å². The molecule has 4 rings (SSSR count). The highest BCUT2D eigenvalue weighted by Gasteiger charge is 2.27. The van der Waals surface area contributed by atoms with Gasteiger partial charge < -0.3 is 4.74 Å². The maximum absolute atomic E-state index is 13.3. The highest BCUT2D eigenvalue weighted by molar-refractivity contribution is 7.22. The van der Waals surface area contributed by atoms with Crippen LogP contribution in [0.3, 0.4) is 0 Å². The van der Waals surface area contributed by atoms with Crippen molar-refractivity contribution in [2.24, 2.45) is 0 Å². The molecule has 29 heavy (non-hydrogen) atoms. The van der Waals surface area contributed by atoms with E-state index in [0.29, 0.717) is 23.8 Å². The molecular weight excluding hydrogens is 390 g/mol. The molecule has 0 spiro atoms. The average molecular weight is 411 g/mol. The van der Waals surface area contributed by atoms with Gasteiger partial charge in [0.2, 0.25) is 0 Å². The van der Waals surface area contributed by atoms with Crippen LogP contribution in [-0.2, 0) is 11.2 Å². The Kier molecular flexibility index (Phi) is 5.55. The summed E-state index contributed by atoms with van der Waals surface area (Å²) >= 11 is 1.48. The normalized spacial score (nSPS) is 16.2. The zero-order valence-corrected chi connectivity index (χ0v) is 16.9. The molecular formula is C21H21N3O4S. The van der Waals surface area contributed by atoms with Gasteiger partial charge in [-0.3, -0.25) is 19.8 Å². The second-order valence-electron chi connectivity index (χ2n) is 7.01. The summed E-state index contributed by atoms with van der Waals surface area (Å²) in [7, 11) is 0. The van der Waals surface area contributed by atoms with Crippen molar-refractivity contribution in [1.82, 2.24) is 4.98 Å². The van der Waals surface area contributed by atoms with Gasteiger partial charge in [-0.1, -0.05) is 24.3 Å². The Morgan fingerprint density at radius 2 is 2.10 bits per heavy atom. The second-order valence-corrected chi connectivity index (χ2v) is 8.02. The molecule has 1 saturated heterocycles. The number of fused-ring (bicyclic) bond motifs is 1. The van der Waals surface area contributed by atoms with Crippen molar-refractivity contribution in [2.75, 3.05) is 18.1 Å². The van der Waals surface area contributed by atoms with E-state index in [-0.39, 0.29) is 17.7 Å². The number of nitrogens with zero attached hydrogens (tertiary/aromatic N) is 3. The van der Waals surface area contributed by atoms with Gasteiger partial charge in [-0.2, -0.15) is 0 Å². The summed E-state index contributed by atoms with van der Waals surface area (Å²) in [6.07, 6.45) is 2.78. The predicted molar refractivity (Wildman–Crippen MR) is 113 cm³/mol. The van der Waals surface area contributed by atoms with Gasteiger partial charge >= 0.3 is 0 Å². The monoisotopic (exact) mass is 411 g/mol. The van der Waals surface area contributed by atoms with Gasteiger partial charge in [-0.15, -0.1) is 0 Å². The Morgan fingerprint density at radius 1 is 1.31 bits per heavy atom. The molecule has 0 saturated carbocycles. The summed E-state index contributed by atoms with van der Waals surface area (Å²) < 4.78 is 6.78. The van der Waals surface area contributed by atoms with E-state index in [9.17, 15) is 14.9 Å². The molecule has 2 heterocycles. The number of nitro benzene ring substituents is 1. The minimum Gasteiger partial charge on any atom is -0.376 e. The van der Waals surface area contributed by atoms with E-state index in [0.717, 1.165) is 29.5 Å². The van der Waals surface area contributed by atoms with E-state index in [1.165, 1.54) is 41.2 Å². The fourth-order valence-electron chi connectivity index (χ4n) is 3.41. The number of aromatic nitrogens is 1. The van der Waals surface area contributed by atoms with Crippen LogP contribution in [0, 0.1) is 10.1 Å². The molecule has 0 bridgehead atoms. The van der Waals surface area contributed by atoms with Crippen molar-refractivity contribution >= 4 is 38.3 Å². The van der Waals surface area contributed by atoms with Crippen LogP contribution in [0.15, 0.2) is 42.5 Å². The van der Waals surface area contributed by atoms with Crippen molar-refractivity contribution in [3.8, 4) is 0 Å². The van der Waals surface area contributed by atoms with Crippen LogP contribution in [-0.4, -0.2) is 35.1 Å². The summed E-state index contributed by atoms with van der Waals surface area (Å²) in [5.41, 5.74) is 2.43. The molecule has 1 aliphatic heterocycles. The first-order valence-corrected chi connectivity index (χ1v) is 10.4. The van der Waals surface area contributed by atoms with E-state index in [2.05, 4.69) is 24.0 Å². The fourth-order valence-corrected chi connectivity index (χ4v) is 4.45. The summed E-state index contributed by atoms with van der Waals surface area (Å²) in [4.78, 5) is 30.0. The van der Waals surface area contributed by atoms with Crippen molar-refractivity contribution < 1.29 is 14.5 Å². The van der Waals surface area contributed by atoms with E-state index in [1.807, 2.05) is 6.07 Å². The lowest BCUT2D eigenvalue weighted by Crippen LogP contribution is -2.37. The van der Waals surface area contributed by atoms with Crippen LogP contribution < -0.4 is 4.90 Å². The summed E-state index contributed by atoms with van der Waals surface area (Å²) in [5, 5.41) is 11.5. The number of carbonyl (C=O) groups excluding carboxylic acids is 1. The minimum absolute atomic E-state index is 0.0322. The molecule has 1 amide bonds. The number of rotatable bonds is 6.